The van der Waals surface area contributed by atoms with E-state index >= 15 is 0 Å². The molecule has 0 aromatic heterocycles. The maximum atomic E-state index is 9.33. The molecule has 1 atom stereocenters. The van der Waals surface area contributed by atoms with Crippen molar-refractivity contribution in [3.05, 3.63) is 29.8 Å². The van der Waals surface area contributed by atoms with Crippen LogP contribution in [0.2, 0.25) is 0 Å². The molecule has 14 heavy (non-hydrogen) atoms. The minimum atomic E-state index is -0.268. The van der Waals surface area contributed by atoms with E-state index in [4.69, 9.17) is 4.74 Å². The van der Waals surface area contributed by atoms with E-state index in [1.54, 1.807) is 12.1 Å². The SMILES string of the molecule is CC1(C)NCC(c2cccc(O)c2)O1. The van der Waals surface area contributed by atoms with Gasteiger partial charge in [0.1, 0.15) is 11.5 Å². The number of aromatic hydroxyl groups is 1. The predicted molar refractivity (Wildman–Crippen MR) is 54.0 cm³/mol. The van der Waals surface area contributed by atoms with E-state index < -0.39 is 0 Å². The largest absolute Gasteiger partial charge is 0.508 e. The predicted octanol–water partition coefficient (Wildman–Crippen LogP) is 1.79. The zero-order chi connectivity index (χ0) is 10.2. The average molecular weight is 193 g/mol. The Morgan fingerprint density at radius 2 is 2.29 bits per heavy atom. The van der Waals surface area contributed by atoms with Crippen LogP contribution in [0.1, 0.15) is 25.5 Å². The number of benzene rings is 1. The van der Waals surface area contributed by atoms with Crippen LogP contribution in [-0.4, -0.2) is 17.4 Å². The second-order valence-corrected chi connectivity index (χ2v) is 4.09. The molecule has 0 radical (unpaired) electrons. The molecule has 1 heterocycles. The maximum absolute atomic E-state index is 9.33. The second-order valence-electron chi connectivity index (χ2n) is 4.09. The standard InChI is InChI=1S/C11H15NO2/c1-11(2)12-7-10(14-11)8-4-3-5-9(13)6-8/h3-6,10,12-13H,7H2,1-2H3. The molecule has 0 bridgehead atoms. The lowest BCUT2D eigenvalue weighted by Gasteiger charge is -2.18. The quantitative estimate of drug-likeness (QED) is 0.714. The Balaban J connectivity index is 2.17. The van der Waals surface area contributed by atoms with Crippen LogP contribution in [0.5, 0.6) is 5.75 Å². The van der Waals surface area contributed by atoms with Gasteiger partial charge in [0, 0.05) is 6.54 Å². The Morgan fingerprint density at radius 1 is 1.50 bits per heavy atom. The molecule has 1 unspecified atom stereocenters. The molecule has 0 aliphatic carbocycles. The van der Waals surface area contributed by atoms with E-state index in [0.29, 0.717) is 0 Å². The van der Waals surface area contributed by atoms with Crippen molar-refractivity contribution in [2.75, 3.05) is 6.54 Å². The van der Waals surface area contributed by atoms with Crippen molar-refractivity contribution in [2.24, 2.45) is 0 Å². The van der Waals surface area contributed by atoms with Crippen molar-refractivity contribution in [3.8, 4) is 5.75 Å². The highest BCUT2D eigenvalue weighted by atomic mass is 16.5. The van der Waals surface area contributed by atoms with Gasteiger partial charge in [-0.05, 0) is 31.5 Å². The topological polar surface area (TPSA) is 41.5 Å². The van der Waals surface area contributed by atoms with Crippen LogP contribution in [0.25, 0.3) is 0 Å². The van der Waals surface area contributed by atoms with Crippen molar-refractivity contribution in [1.82, 2.24) is 5.32 Å². The normalized spacial score (nSPS) is 25.1. The minimum absolute atomic E-state index is 0.0390. The first kappa shape index (κ1) is 9.49. The van der Waals surface area contributed by atoms with Gasteiger partial charge < -0.3 is 9.84 Å². The Kier molecular flexibility index (Phi) is 2.21. The molecule has 1 fully saturated rings. The summed E-state index contributed by atoms with van der Waals surface area (Å²) in [5, 5.41) is 12.6. The zero-order valence-corrected chi connectivity index (χ0v) is 8.45. The summed E-state index contributed by atoms with van der Waals surface area (Å²) in [7, 11) is 0. The summed E-state index contributed by atoms with van der Waals surface area (Å²) in [6.07, 6.45) is 0.0390. The maximum Gasteiger partial charge on any atom is 0.115 e. The first-order valence-electron chi connectivity index (χ1n) is 4.79. The average Bonchev–Trinajstić information content (AvgIpc) is 2.46. The zero-order valence-electron chi connectivity index (χ0n) is 8.45. The number of phenolic OH excluding ortho intramolecular Hbond substituents is 1. The number of hydrogen-bond acceptors (Lipinski definition) is 3. The third kappa shape index (κ3) is 1.89. The van der Waals surface area contributed by atoms with Gasteiger partial charge in [-0.15, -0.1) is 0 Å². The molecule has 0 spiro atoms. The first-order chi connectivity index (χ1) is 6.57. The van der Waals surface area contributed by atoms with Crippen LogP contribution in [-0.2, 0) is 4.74 Å². The summed E-state index contributed by atoms with van der Waals surface area (Å²) in [6.45, 7) is 4.78. The van der Waals surface area contributed by atoms with E-state index in [1.165, 1.54) is 0 Å². The van der Waals surface area contributed by atoms with Gasteiger partial charge >= 0.3 is 0 Å². The molecule has 2 N–H and O–H groups in total. The van der Waals surface area contributed by atoms with E-state index in [2.05, 4.69) is 5.32 Å². The van der Waals surface area contributed by atoms with E-state index in [0.717, 1.165) is 12.1 Å². The summed E-state index contributed by atoms with van der Waals surface area (Å²) in [4.78, 5) is 0. The third-order valence-corrected chi connectivity index (χ3v) is 2.39. The molecular formula is C11H15NO2. The molecule has 3 nitrogen and oxygen atoms in total. The van der Waals surface area contributed by atoms with E-state index in [1.807, 2.05) is 26.0 Å². The molecule has 1 aliphatic heterocycles. The van der Waals surface area contributed by atoms with Crippen LogP contribution < -0.4 is 5.32 Å². The van der Waals surface area contributed by atoms with Gasteiger partial charge in [-0.2, -0.15) is 0 Å². The van der Waals surface area contributed by atoms with Gasteiger partial charge in [0.15, 0.2) is 0 Å². The third-order valence-electron chi connectivity index (χ3n) is 2.39. The summed E-state index contributed by atoms with van der Waals surface area (Å²) in [6, 6.07) is 7.21. The summed E-state index contributed by atoms with van der Waals surface area (Å²) < 4.78 is 5.77. The first-order valence-corrected chi connectivity index (χ1v) is 4.79. The molecule has 0 amide bonds. The Bertz CT molecular complexity index is 336. The number of rotatable bonds is 1. The van der Waals surface area contributed by atoms with E-state index in [-0.39, 0.29) is 17.6 Å². The number of nitrogens with one attached hydrogen (secondary N) is 1. The summed E-state index contributed by atoms with van der Waals surface area (Å²) >= 11 is 0. The van der Waals surface area contributed by atoms with Crippen molar-refractivity contribution in [3.63, 3.8) is 0 Å². The number of ether oxygens (including phenoxy) is 1. The highest BCUT2D eigenvalue weighted by molar-refractivity contribution is 5.29. The van der Waals surface area contributed by atoms with Gasteiger partial charge in [-0.3, -0.25) is 5.32 Å². The molecule has 2 rings (SSSR count). The fourth-order valence-corrected chi connectivity index (χ4v) is 1.69. The lowest BCUT2D eigenvalue weighted by molar-refractivity contribution is -0.0241. The van der Waals surface area contributed by atoms with Crippen molar-refractivity contribution in [2.45, 2.75) is 25.7 Å². The van der Waals surface area contributed by atoms with Gasteiger partial charge in [0.25, 0.3) is 0 Å². The lowest BCUT2D eigenvalue weighted by atomic mass is 10.1. The van der Waals surface area contributed by atoms with Gasteiger partial charge in [-0.25, -0.2) is 0 Å². The van der Waals surface area contributed by atoms with Crippen LogP contribution in [0.4, 0.5) is 0 Å². The molecule has 1 aliphatic rings. The summed E-state index contributed by atoms with van der Waals surface area (Å²) in [5.74, 6) is 0.288. The van der Waals surface area contributed by atoms with Crippen LogP contribution in [0.3, 0.4) is 0 Å². The van der Waals surface area contributed by atoms with Crippen LogP contribution in [0.15, 0.2) is 24.3 Å². The fourth-order valence-electron chi connectivity index (χ4n) is 1.69. The highest BCUT2D eigenvalue weighted by Gasteiger charge is 2.31. The smallest absolute Gasteiger partial charge is 0.115 e. The molecular weight excluding hydrogens is 178 g/mol. The molecule has 1 aromatic carbocycles. The number of hydrogen-bond donors (Lipinski definition) is 2. The van der Waals surface area contributed by atoms with Crippen LogP contribution >= 0.6 is 0 Å². The molecule has 0 saturated carbocycles. The molecule has 1 aromatic rings. The van der Waals surface area contributed by atoms with Gasteiger partial charge in [0.2, 0.25) is 0 Å². The Hall–Kier alpha value is -1.06. The van der Waals surface area contributed by atoms with Crippen LogP contribution in [0, 0.1) is 0 Å². The Labute approximate surface area is 83.7 Å². The molecule has 1 saturated heterocycles. The summed E-state index contributed by atoms with van der Waals surface area (Å²) in [5.41, 5.74) is 0.749. The van der Waals surface area contributed by atoms with Crippen molar-refractivity contribution in [1.29, 1.82) is 0 Å². The monoisotopic (exact) mass is 193 g/mol. The van der Waals surface area contributed by atoms with Crippen molar-refractivity contribution >= 4 is 0 Å². The van der Waals surface area contributed by atoms with Gasteiger partial charge in [-0.1, -0.05) is 12.1 Å². The van der Waals surface area contributed by atoms with Gasteiger partial charge in [0.05, 0.1) is 6.10 Å². The Morgan fingerprint density at radius 3 is 2.86 bits per heavy atom. The lowest BCUT2D eigenvalue weighted by Crippen LogP contribution is -2.33. The second kappa shape index (κ2) is 3.26. The highest BCUT2D eigenvalue weighted by Crippen LogP contribution is 2.29. The molecule has 3 heteroatoms. The van der Waals surface area contributed by atoms with E-state index in [9.17, 15) is 5.11 Å². The number of phenols is 1. The fraction of sp³-hybridized carbons (Fsp3) is 0.455. The minimum Gasteiger partial charge on any atom is -0.508 e. The van der Waals surface area contributed by atoms with Crippen molar-refractivity contribution < 1.29 is 9.84 Å². The molecule has 76 valence electrons.